The van der Waals surface area contributed by atoms with Crippen molar-refractivity contribution < 1.29 is 19.1 Å². The minimum Gasteiger partial charge on any atom is -0.469 e. The molecule has 1 fully saturated rings. The number of esters is 2. The molecule has 2 unspecified atom stereocenters. The molecule has 0 bridgehead atoms. The van der Waals surface area contributed by atoms with Crippen molar-refractivity contribution in [2.45, 2.75) is 19.1 Å². The maximum Gasteiger partial charge on any atom is 0.323 e. The molecule has 0 saturated heterocycles. The second-order valence-corrected chi connectivity index (χ2v) is 4.65. The molecule has 19 heavy (non-hydrogen) atoms. The van der Waals surface area contributed by atoms with Gasteiger partial charge in [-0.25, -0.2) is 0 Å². The highest BCUT2D eigenvalue weighted by atomic mass is 16.5. The van der Waals surface area contributed by atoms with Gasteiger partial charge in [-0.15, -0.1) is 0 Å². The van der Waals surface area contributed by atoms with E-state index in [4.69, 9.17) is 10.5 Å². The summed E-state index contributed by atoms with van der Waals surface area (Å²) in [7, 11) is 1.33. The van der Waals surface area contributed by atoms with Gasteiger partial charge in [-0.1, -0.05) is 30.3 Å². The van der Waals surface area contributed by atoms with E-state index < -0.39 is 12.0 Å². The summed E-state index contributed by atoms with van der Waals surface area (Å²) in [6.07, 6.45) is 0.592. The SMILES string of the molecule is COC(=O)C1CC1[C@H](N)C(=O)OCc1ccccc1. The van der Waals surface area contributed by atoms with Crippen molar-refractivity contribution in [3.63, 3.8) is 0 Å². The molecule has 0 heterocycles. The minimum absolute atomic E-state index is 0.157. The van der Waals surface area contributed by atoms with Gasteiger partial charge in [0.2, 0.25) is 0 Å². The van der Waals surface area contributed by atoms with E-state index in [1.807, 2.05) is 30.3 Å². The molecule has 0 radical (unpaired) electrons. The number of hydrogen-bond acceptors (Lipinski definition) is 5. The largest absolute Gasteiger partial charge is 0.469 e. The molecule has 0 spiro atoms. The van der Waals surface area contributed by atoms with E-state index in [1.54, 1.807) is 0 Å². The van der Waals surface area contributed by atoms with Crippen LogP contribution >= 0.6 is 0 Å². The van der Waals surface area contributed by atoms with E-state index in [0.29, 0.717) is 6.42 Å². The van der Waals surface area contributed by atoms with Crippen LogP contribution in [0.2, 0.25) is 0 Å². The number of benzene rings is 1. The fourth-order valence-corrected chi connectivity index (χ4v) is 2.03. The normalized spacial score (nSPS) is 22.4. The highest BCUT2D eigenvalue weighted by Gasteiger charge is 2.50. The molecule has 1 aromatic rings. The minimum atomic E-state index is -0.757. The van der Waals surface area contributed by atoms with Gasteiger partial charge in [0.1, 0.15) is 12.6 Å². The number of methoxy groups -OCH3 is 1. The first-order valence-corrected chi connectivity index (χ1v) is 6.17. The quantitative estimate of drug-likeness (QED) is 0.797. The Morgan fingerprint density at radius 2 is 2.05 bits per heavy atom. The van der Waals surface area contributed by atoms with Gasteiger partial charge >= 0.3 is 11.9 Å². The smallest absolute Gasteiger partial charge is 0.323 e. The highest BCUT2D eigenvalue weighted by molar-refractivity contribution is 5.81. The molecule has 1 aliphatic rings. The van der Waals surface area contributed by atoms with Gasteiger partial charge in [0, 0.05) is 0 Å². The monoisotopic (exact) mass is 263 g/mol. The molecular weight excluding hydrogens is 246 g/mol. The highest BCUT2D eigenvalue weighted by Crippen LogP contribution is 2.41. The van der Waals surface area contributed by atoms with Crippen LogP contribution in [0.1, 0.15) is 12.0 Å². The van der Waals surface area contributed by atoms with Gasteiger partial charge in [-0.3, -0.25) is 9.59 Å². The predicted octanol–water partition coefficient (Wildman–Crippen LogP) is 0.866. The van der Waals surface area contributed by atoms with Crippen LogP contribution in [-0.2, 0) is 25.7 Å². The summed E-state index contributed by atoms with van der Waals surface area (Å²) >= 11 is 0. The third kappa shape index (κ3) is 3.32. The summed E-state index contributed by atoms with van der Waals surface area (Å²) in [4.78, 5) is 23.0. The molecule has 0 amide bonds. The second-order valence-electron chi connectivity index (χ2n) is 4.65. The molecule has 1 aromatic carbocycles. The van der Waals surface area contributed by atoms with Gasteiger partial charge in [0.25, 0.3) is 0 Å². The molecule has 1 saturated carbocycles. The van der Waals surface area contributed by atoms with Gasteiger partial charge in [-0.2, -0.15) is 0 Å². The lowest BCUT2D eigenvalue weighted by molar-refractivity contribution is -0.147. The molecule has 1 aliphatic carbocycles. The first-order valence-electron chi connectivity index (χ1n) is 6.17. The van der Waals surface area contributed by atoms with E-state index in [-0.39, 0.29) is 24.4 Å². The molecule has 102 valence electrons. The number of nitrogens with two attached hydrogens (primary N) is 1. The fraction of sp³-hybridized carbons (Fsp3) is 0.429. The zero-order valence-electron chi connectivity index (χ0n) is 10.7. The number of ether oxygens (including phenoxy) is 2. The molecule has 2 N–H and O–H groups in total. The van der Waals surface area contributed by atoms with Crippen LogP contribution < -0.4 is 5.73 Å². The van der Waals surface area contributed by atoms with Crippen molar-refractivity contribution in [2.75, 3.05) is 7.11 Å². The molecular formula is C14H17NO4. The van der Waals surface area contributed by atoms with Crippen LogP contribution in [0.4, 0.5) is 0 Å². The Labute approximate surface area is 111 Å². The Hall–Kier alpha value is -1.88. The maximum absolute atomic E-state index is 11.8. The zero-order chi connectivity index (χ0) is 13.8. The number of hydrogen-bond donors (Lipinski definition) is 1. The number of rotatable bonds is 5. The molecule has 2 rings (SSSR count). The van der Waals surface area contributed by atoms with E-state index >= 15 is 0 Å². The fourth-order valence-electron chi connectivity index (χ4n) is 2.03. The van der Waals surface area contributed by atoms with E-state index in [9.17, 15) is 9.59 Å². The summed E-state index contributed by atoms with van der Waals surface area (Å²) in [6, 6.07) is 8.62. The van der Waals surface area contributed by atoms with Crippen molar-refractivity contribution in [1.29, 1.82) is 0 Å². The van der Waals surface area contributed by atoms with Gasteiger partial charge in [0.15, 0.2) is 0 Å². The van der Waals surface area contributed by atoms with Crippen molar-refractivity contribution in [1.82, 2.24) is 0 Å². The van der Waals surface area contributed by atoms with Crippen molar-refractivity contribution in [3.05, 3.63) is 35.9 Å². The topological polar surface area (TPSA) is 78.6 Å². The van der Waals surface area contributed by atoms with Gasteiger partial charge < -0.3 is 15.2 Å². The van der Waals surface area contributed by atoms with Crippen LogP contribution in [0.5, 0.6) is 0 Å². The summed E-state index contributed by atoms with van der Waals surface area (Å²) in [5.74, 6) is -1.20. The molecule has 5 heteroatoms. The number of carbonyl (C=O) groups is 2. The Morgan fingerprint density at radius 3 is 2.68 bits per heavy atom. The van der Waals surface area contributed by atoms with Crippen molar-refractivity contribution >= 4 is 11.9 Å². The van der Waals surface area contributed by atoms with Gasteiger partial charge in [0.05, 0.1) is 13.0 Å². The first-order chi connectivity index (χ1) is 9.13. The van der Waals surface area contributed by atoms with Crippen LogP contribution in [0.15, 0.2) is 30.3 Å². The summed E-state index contributed by atoms with van der Waals surface area (Å²) in [5.41, 5.74) is 6.69. The third-order valence-electron chi connectivity index (χ3n) is 3.30. The van der Waals surface area contributed by atoms with Crippen molar-refractivity contribution in [3.8, 4) is 0 Å². The summed E-state index contributed by atoms with van der Waals surface area (Å²) in [6.45, 7) is 0.197. The van der Waals surface area contributed by atoms with E-state index in [1.165, 1.54) is 7.11 Å². The van der Waals surface area contributed by atoms with Crippen LogP contribution in [0, 0.1) is 11.8 Å². The first kappa shape index (κ1) is 13.5. The van der Waals surface area contributed by atoms with Crippen LogP contribution in [0.25, 0.3) is 0 Å². The van der Waals surface area contributed by atoms with Gasteiger partial charge in [-0.05, 0) is 17.9 Å². The summed E-state index contributed by atoms with van der Waals surface area (Å²) in [5, 5.41) is 0. The Bertz CT molecular complexity index is 460. The predicted molar refractivity (Wildman–Crippen MR) is 67.8 cm³/mol. The lowest BCUT2D eigenvalue weighted by Crippen LogP contribution is -2.35. The van der Waals surface area contributed by atoms with E-state index in [0.717, 1.165) is 5.56 Å². The maximum atomic E-state index is 11.8. The van der Waals surface area contributed by atoms with Crippen LogP contribution in [0.3, 0.4) is 0 Å². The third-order valence-corrected chi connectivity index (χ3v) is 3.30. The molecule has 0 aliphatic heterocycles. The Morgan fingerprint density at radius 1 is 1.37 bits per heavy atom. The lowest BCUT2D eigenvalue weighted by Gasteiger charge is -2.11. The Balaban J connectivity index is 1.79. The standard InChI is InChI=1S/C14H17NO4/c1-18-13(16)11-7-10(11)12(15)14(17)19-8-9-5-3-2-4-6-9/h2-6,10-12H,7-8,15H2,1H3/t10?,11?,12-/m0/s1. The average molecular weight is 263 g/mol. The Kier molecular flexibility index (Phi) is 4.16. The second kappa shape index (κ2) is 5.84. The van der Waals surface area contributed by atoms with Crippen molar-refractivity contribution in [2.24, 2.45) is 17.6 Å². The molecule has 3 atom stereocenters. The number of carbonyl (C=O) groups excluding carboxylic acids is 2. The lowest BCUT2D eigenvalue weighted by atomic mass is 10.1. The van der Waals surface area contributed by atoms with E-state index in [2.05, 4.69) is 4.74 Å². The molecule has 0 aromatic heterocycles. The average Bonchev–Trinajstić information content (AvgIpc) is 3.24. The van der Waals surface area contributed by atoms with Crippen LogP contribution in [-0.4, -0.2) is 25.1 Å². The molecule has 5 nitrogen and oxygen atoms in total. The summed E-state index contributed by atoms with van der Waals surface area (Å²) < 4.78 is 9.75. The zero-order valence-corrected chi connectivity index (χ0v) is 10.7.